The minimum Gasteiger partial charge on any atom is -0.435 e. The zero-order chi connectivity index (χ0) is 16.2. The molecule has 2 heterocycles. The van der Waals surface area contributed by atoms with E-state index in [9.17, 15) is 13.6 Å². The fourth-order valence-corrected chi connectivity index (χ4v) is 3.06. The minimum atomic E-state index is -2.91. The second-order valence-electron chi connectivity index (χ2n) is 5.58. The van der Waals surface area contributed by atoms with Crippen LogP contribution in [0.25, 0.3) is 0 Å². The molecular weight excluding hydrogens is 308 g/mol. The number of piperidine rings is 1. The number of carbonyl (C=O) groups is 1. The molecule has 0 bridgehead atoms. The van der Waals surface area contributed by atoms with Crippen molar-refractivity contribution in [2.24, 2.45) is 0 Å². The summed E-state index contributed by atoms with van der Waals surface area (Å²) in [4.78, 5) is 14.5. The summed E-state index contributed by atoms with van der Waals surface area (Å²) in [6.45, 7) is -1.25. The third kappa shape index (κ3) is 3.79. The van der Waals surface area contributed by atoms with Crippen molar-refractivity contribution >= 4 is 5.91 Å². The number of rotatable bonds is 4. The Morgan fingerprint density at radius 1 is 1.26 bits per heavy atom. The fraction of sp³-hybridized carbons (Fsp3) is 0.562. The molecular formula is C16H19F2NO4. The van der Waals surface area contributed by atoms with Gasteiger partial charge >= 0.3 is 6.61 Å². The van der Waals surface area contributed by atoms with Gasteiger partial charge in [0.2, 0.25) is 0 Å². The number of ether oxygens (including phenoxy) is 3. The highest BCUT2D eigenvalue weighted by molar-refractivity contribution is 5.95. The van der Waals surface area contributed by atoms with Crippen molar-refractivity contribution in [2.75, 3.05) is 19.8 Å². The van der Waals surface area contributed by atoms with Crippen LogP contribution < -0.4 is 4.74 Å². The van der Waals surface area contributed by atoms with Crippen LogP contribution in [0.15, 0.2) is 24.3 Å². The van der Waals surface area contributed by atoms with Crippen LogP contribution in [-0.2, 0) is 9.47 Å². The molecule has 3 rings (SSSR count). The van der Waals surface area contributed by atoms with Crippen LogP contribution in [-0.4, -0.2) is 49.5 Å². The first-order chi connectivity index (χ1) is 11.1. The molecule has 0 aliphatic carbocycles. The average molecular weight is 327 g/mol. The average Bonchev–Trinajstić information content (AvgIpc) is 3.08. The number of amides is 1. The molecule has 0 spiro atoms. The Balaban J connectivity index is 1.77. The summed E-state index contributed by atoms with van der Waals surface area (Å²) in [5, 5.41) is 0. The first kappa shape index (κ1) is 16.1. The summed E-state index contributed by atoms with van der Waals surface area (Å²) in [5.74, 6) is -0.235. The maximum Gasteiger partial charge on any atom is 0.387 e. The summed E-state index contributed by atoms with van der Waals surface area (Å²) < 4.78 is 40.1. The van der Waals surface area contributed by atoms with Crippen molar-refractivity contribution in [2.45, 2.75) is 38.2 Å². The molecule has 7 heteroatoms. The molecule has 2 aliphatic heterocycles. The van der Waals surface area contributed by atoms with Gasteiger partial charge in [-0.25, -0.2) is 0 Å². The quantitative estimate of drug-likeness (QED) is 0.853. The molecule has 1 unspecified atom stereocenters. The van der Waals surface area contributed by atoms with Gasteiger partial charge in [0.15, 0.2) is 6.29 Å². The predicted molar refractivity (Wildman–Crippen MR) is 77.4 cm³/mol. The lowest BCUT2D eigenvalue weighted by Crippen LogP contribution is -2.50. The third-order valence-corrected chi connectivity index (χ3v) is 4.08. The Labute approximate surface area is 133 Å². The molecule has 23 heavy (non-hydrogen) atoms. The summed E-state index contributed by atoms with van der Waals surface area (Å²) in [6, 6.07) is 5.74. The Hall–Kier alpha value is -1.73. The van der Waals surface area contributed by atoms with Crippen molar-refractivity contribution in [3.8, 4) is 5.75 Å². The number of benzene rings is 1. The van der Waals surface area contributed by atoms with E-state index in [1.54, 1.807) is 11.0 Å². The van der Waals surface area contributed by atoms with Gasteiger partial charge in [0.25, 0.3) is 5.91 Å². The van der Waals surface area contributed by atoms with Crippen LogP contribution in [0.3, 0.4) is 0 Å². The van der Waals surface area contributed by atoms with E-state index in [2.05, 4.69) is 4.74 Å². The normalized spacial score (nSPS) is 22.6. The van der Waals surface area contributed by atoms with Gasteiger partial charge in [-0.05, 0) is 37.5 Å². The largest absolute Gasteiger partial charge is 0.435 e. The van der Waals surface area contributed by atoms with Crippen LogP contribution in [0.2, 0.25) is 0 Å². The number of hydrogen-bond acceptors (Lipinski definition) is 4. The second-order valence-corrected chi connectivity index (χ2v) is 5.58. The lowest BCUT2D eigenvalue weighted by molar-refractivity contribution is -0.100. The Bertz CT molecular complexity index is 549. The molecule has 2 saturated heterocycles. The van der Waals surface area contributed by atoms with Crippen molar-refractivity contribution in [1.82, 2.24) is 4.90 Å². The molecule has 1 atom stereocenters. The smallest absolute Gasteiger partial charge is 0.387 e. The van der Waals surface area contributed by atoms with Crippen molar-refractivity contribution in [3.05, 3.63) is 29.8 Å². The second kappa shape index (κ2) is 7.23. The number of hydrogen-bond donors (Lipinski definition) is 0. The molecule has 2 aliphatic rings. The Morgan fingerprint density at radius 3 is 2.78 bits per heavy atom. The van der Waals surface area contributed by atoms with Gasteiger partial charge in [0.05, 0.1) is 19.3 Å². The van der Waals surface area contributed by atoms with Gasteiger partial charge in [0.1, 0.15) is 5.75 Å². The van der Waals surface area contributed by atoms with Crippen LogP contribution >= 0.6 is 0 Å². The molecule has 0 N–H and O–H groups in total. The molecule has 1 aromatic carbocycles. The van der Waals surface area contributed by atoms with Crippen molar-refractivity contribution < 1.29 is 27.8 Å². The lowest BCUT2D eigenvalue weighted by atomic mass is 10.00. The third-order valence-electron chi connectivity index (χ3n) is 4.08. The highest BCUT2D eigenvalue weighted by Gasteiger charge is 2.36. The fourth-order valence-electron chi connectivity index (χ4n) is 3.06. The standard InChI is InChI=1S/C16H19F2NO4/c17-16(18)23-12-5-3-4-11(10-12)14(20)19-7-2-1-6-13(19)15-21-8-9-22-15/h3-5,10,13,15-16H,1-2,6-9H2. The lowest BCUT2D eigenvalue weighted by Gasteiger charge is -2.38. The maximum atomic E-state index is 12.8. The van der Waals surface area contributed by atoms with E-state index in [1.807, 2.05) is 0 Å². The van der Waals surface area contributed by atoms with E-state index in [0.717, 1.165) is 19.3 Å². The molecule has 1 amide bonds. The Kier molecular flexibility index (Phi) is 5.07. The monoisotopic (exact) mass is 327 g/mol. The highest BCUT2D eigenvalue weighted by atomic mass is 19.3. The number of halogens is 2. The van der Waals surface area contributed by atoms with Crippen LogP contribution in [0.5, 0.6) is 5.75 Å². The first-order valence-corrected chi connectivity index (χ1v) is 7.74. The van der Waals surface area contributed by atoms with Gasteiger partial charge in [0, 0.05) is 12.1 Å². The molecule has 2 fully saturated rings. The number of likely N-dealkylation sites (tertiary alicyclic amines) is 1. The summed E-state index contributed by atoms with van der Waals surface area (Å²) in [6.07, 6.45) is 2.32. The number of carbonyl (C=O) groups excluding carboxylic acids is 1. The predicted octanol–water partition coefficient (Wildman–Crippen LogP) is 2.66. The zero-order valence-corrected chi connectivity index (χ0v) is 12.6. The van der Waals surface area contributed by atoms with Gasteiger partial charge in [-0.1, -0.05) is 6.07 Å². The topological polar surface area (TPSA) is 48.0 Å². The minimum absolute atomic E-state index is 0.0206. The molecule has 0 saturated carbocycles. The van der Waals surface area contributed by atoms with E-state index in [0.29, 0.717) is 25.3 Å². The van der Waals surface area contributed by atoms with Gasteiger partial charge in [-0.15, -0.1) is 0 Å². The molecule has 5 nitrogen and oxygen atoms in total. The number of alkyl halides is 2. The molecule has 1 aromatic rings. The SMILES string of the molecule is O=C(c1cccc(OC(F)F)c1)N1CCCCC1C1OCCO1. The van der Waals surface area contributed by atoms with E-state index in [-0.39, 0.29) is 17.7 Å². The molecule has 0 aromatic heterocycles. The van der Waals surface area contributed by atoms with E-state index in [1.165, 1.54) is 18.2 Å². The highest BCUT2D eigenvalue weighted by Crippen LogP contribution is 2.27. The first-order valence-electron chi connectivity index (χ1n) is 7.74. The van der Waals surface area contributed by atoms with Gasteiger partial charge < -0.3 is 19.1 Å². The van der Waals surface area contributed by atoms with E-state index >= 15 is 0 Å². The summed E-state index contributed by atoms with van der Waals surface area (Å²) in [5.41, 5.74) is 0.327. The summed E-state index contributed by atoms with van der Waals surface area (Å²) >= 11 is 0. The van der Waals surface area contributed by atoms with Crippen molar-refractivity contribution in [3.63, 3.8) is 0 Å². The Morgan fingerprint density at radius 2 is 2.04 bits per heavy atom. The summed E-state index contributed by atoms with van der Waals surface area (Å²) in [7, 11) is 0. The van der Waals surface area contributed by atoms with Crippen LogP contribution in [0.1, 0.15) is 29.6 Å². The van der Waals surface area contributed by atoms with Crippen molar-refractivity contribution in [1.29, 1.82) is 0 Å². The molecule has 126 valence electrons. The number of nitrogens with zero attached hydrogens (tertiary/aromatic N) is 1. The zero-order valence-electron chi connectivity index (χ0n) is 12.6. The van der Waals surface area contributed by atoms with Gasteiger partial charge in [-0.2, -0.15) is 8.78 Å². The molecule has 0 radical (unpaired) electrons. The van der Waals surface area contributed by atoms with Crippen LogP contribution in [0, 0.1) is 0 Å². The van der Waals surface area contributed by atoms with E-state index in [4.69, 9.17) is 9.47 Å². The van der Waals surface area contributed by atoms with Gasteiger partial charge in [-0.3, -0.25) is 4.79 Å². The van der Waals surface area contributed by atoms with E-state index < -0.39 is 12.9 Å². The van der Waals surface area contributed by atoms with Crippen LogP contribution in [0.4, 0.5) is 8.78 Å². The maximum absolute atomic E-state index is 12.8.